The molecule has 2 heterocycles. The Bertz CT molecular complexity index is 478. The molecule has 1 saturated carbocycles. The van der Waals surface area contributed by atoms with Gasteiger partial charge in [0.25, 0.3) is 0 Å². The van der Waals surface area contributed by atoms with E-state index in [0.717, 1.165) is 30.7 Å². The minimum absolute atomic E-state index is 0.367. The summed E-state index contributed by atoms with van der Waals surface area (Å²) in [5, 5.41) is 1.04. The first-order valence-electron chi connectivity index (χ1n) is 7.01. The van der Waals surface area contributed by atoms with Gasteiger partial charge in [-0.05, 0) is 30.7 Å². The Morgan fingerprint density at radius 1 is 1.11 bits per heavy atom. The fourth-order valence-electron chi connectivity index (χ4n) is 3.49. The Morgan fingerprint density at radius 3 is 2.63 bits per heavy atom. The Morgan fingerprint density at radius 2 is 1.84 bits per heavy atom. The maximum atomic E-state index is 6.27. The number of nitrogens with two attached hydrogens (primary N) is 1. The molecule has 104 valence electrons. The second-order valence-corrected chi connectivity index (χ2v) is 6.51. The highest BCUT2D eigenvalue weighted by atomic mass is 35.5. The van der Waals surface area contributed by atoms with Gasteiger partial charge in [0.05, 0.1) is 10.0 Å². The lowest BCUT2D eigenvalue weighted by Gasteiger charge is -2.42. The Kier molecular flexibility index (Phi) is 3.77. The molecule has 1 aliphatic carbocycles. The van der Waals surface area contributed by atoms with Crippen molar-refractivity contribution >= 4 is 34.8 Å². The van der Waals surface area contributed by atoms with Crippen LogP contribution in [0.5, 0.6) is 0 Å². The van der Waals surface area contributed by atoms with Crippen molar-refractivity contribution in [3.8, 4) is 0 Å². The molecule has 3 rings (SSSR count). The summed E-state index contributed by atoms with van der Waals surface area (Å²) in [6.07, 6.45) is 6.72. The molecule has 1 aliphatic heterocycles. The van der Waals surface area contributed by atoms with Gasteiger partial charge < -0.3 is 10.6 Å². The number of nitrogens with zero attached hydrogens (tertiary/aromatic N) is 2. The summed E-state index contributed by atoms with van der Waals surface area (Å²) < 4.78 is 0. The van der Waals surface area contributed by atoms with Crippen LogP contribution in [0.4, 0.5) is 11.6 Å². The number of halogens is 2. The Balaban J connectivity index is 1.81. The van der Waals surface area contributed by atoms with Crippen molar-refractivity contribution in [1.29, 1.82) is 0 Å². The van der Waals surface area contributed by atoms with Crippen LogP contribution in [0.15, 0.2) is 6.07 Å². The highest BCUT2D eigenvalue weighted by molar-refractivity contribution is 6.37. The molecule has 0 radical (unpaired) electrons. The molecule has 2 N–H and O–H groups in total. The van der Waals surface area contributed by atoms with Gasteiger partial charge in [0.1, 0.15) is 11.6 Å². The van der Waals surface area contributed by atoms with E-state index in [4.69, 9.17) is 28.9 Å². The SMILES string of the molecule is Nc1nc(N2CCC3CCCCC3C2)c(Cl)cc1Cl. The van der Waals surface area contributed by atoms with Gasteiger partial charge in [-0.3, -0.25) is 0 Å². The minimum atomic E-state index is 0.367. The van der Waals surface area contributed by atoms with E-state index in [1.165, 1.54) is 32.1 Å². The quantitative estimate of drug-likeness (QED) is 0.852. The Labute approximate surface area is 124 Å². The normalized spacial score (nSPS) is 27.2. The van der Waals surface area contributed by atoms with Crippen LogP contribution in [0.3, 0.4) is 0 Å². The van der Waals surface area contributed by atoms with Crippen LogP contribution in [0, 0.1) is 11.8 Å². The summed E-state index contributed by atoms with van der Waals surface area (Å²) in [6, 6.07) is 1.70. The zero-order valence-electron chi connectivity index (χ0n) is 10.9. The van der Waals surface area contributed by atoms with E-state index in [1.54, 1.807) is 6.07 Å². The molecule has 0 spiro atoms. The van der Waals surface area contributed by atoms with Gasteiger partial charge in [-0.1, -0.05) is 42.5 Å². The van der Waals surface area contributed by atoms with Crippen LogP contribution in [0.1, 0.15) is 32.1 Å². The van der Waals surface area contributed by atoms with E-state index in [9.17, 15) is 0 Å². The van der Waals surface area contributed by atoms with E-state index < -0.39 is 0 Å². The van der Waals surface area contributed by atoms with Crippen LogP contribution in [0.25, 0.3) is 0 Å². The molecule has 0 amide bonds. The molecule has 1 aromatic rings. The predicted molar refractivity (Wildman–Crippen MR) is 80.9 cm³/mol. The van der Waals surface area contributed by atoms with Gasteiger partial charge >= 0.3 is 0 Å². The second-order valence-electron chi connectivity index (χ2n) is 5.70. The summed E-state index contributed by atoms with van der Waals surface area (Å²) in [5.74, 6) is 2.85. The zero-order chi connectivity index (χ0) is 13.4. The second kappa shape index (κ2) is 5.37. The molecule has 5 heteroatoms. The van der Waals surface area contributed by atoms with Gasteiger partial charge in [-0.15, -0.1) is 0 Å². The average Bonchev–Trinajstić information content (AvgIpc) is 2.42. The number of pyridine rings is 1. The van der Waals surface area contributed by atoms with Gasteiger partial charge in [0.2, 0.25) is 0 Å². The number of aromatic nitrogens is 1. The third-order valence-corrected chi connectivity index (χ3v) is 5.11. The average molecular weight is 300 g/mol. The van der Waals surface area contributed by atoms with Crippen molar-refractivity contribution in [2.75, 3.05) is 23.7 Å². The fraction of sp³-hybridized carbons (Fsp3) is 0.643. The van der Waals surface area contributed by atoms with E-state index in [2.05, 4.69) is 9.88 Å². The first-order chi connectivity index (χ1) is 9.15. The van der Waals surface area contributed by atoms with E-state index >= 15 is 0 Å². The van der Waals surface area contributed by atoms with E-state index in [0.29, 0.717) is 15.9 Å². The number of rotatable bonds is 1. The maximum Gasteiger partial charge on any atom is 0.149 e. The Hall–Kier alpha value is -0.670. The van der Waals surface area contributed by atoms with Crippen LogP contribution in [-0.2, 0) is 0 Å². The number of hydrogen-bond donors (Lipinski definition) is 1. The molecule has 19 heavy (non-hydrogen) atoms. The van der Waals surface area contributed by atoms with Crippen LogP contribution in [0.2, 0.25) is 10.0 Å². The van der Waals surface area contributed by atoms with Crippen molar-refractivity contribution in [2.24, 2.45) is 11.8 Å². The van der Waals surface area contributed by atoms with Gasteiger partial charge in [0, 0.05) is 13.1 Å². The lowest BCUT2D eigenvalue weighted by atomic mass is 9.75. The van der Waals surface area contributed by atoms with Crippen LogP contribution >= 0.6 is 23.2 Å². The number of fused-ring (bicyclic) bond motifs is 1. The molecule has 2 unspecified atom stereocenters. The zero-order valence-corrected chi connectivity index (χ0v) is 12.4. The molecule has 0 bridgehead atoms. The largest absolute Gasteiger partial charge is 0.382 e. The number of anilines is 2. The molecule has 0 aromatic carbocycles. The van der Waals surface area contributed by atoms with Gasteiger partial charge in [-0.25, -0.2) is 4.98 Å². The van der Waals surface area contributed by atoms with Crippen molar-refractivity contribution < 1.29 is 0 Å². The summed E-state index contributed by atoms with van der Waals surface area (Å²) in [5.41, 5.74) is 5.80. The van der Waals surface area contributed by atoms with Crippen LogP contribution < -0.4 is 10.6 Å². The molecule has 1 saturated heterocycles. The van der Waals surface area contributed by atoms with Gasteiger partial charge in [-0.2, -0.15) is 0 Å². The highest BCUT2D eigenvalue weighted by Gasteiger charge is 2.32. The first-order valence-corrected chi connectivity index (χ1v) is 7.77. The molecular weight excluding hydrogens is 281 g/mol. The third kappa shape index (κ3) is 2.63. The molecule has 2 atom stereocenters. The summed E-state index contributed by atoms with van der Waals surface area (Å²) in [6.45, 7) is 2.08. The number of piperidine rings is 1. The molecule has 3 nitrogen and oxygen atoms in total. The van der Waals surface area contributed by atoms with Gasteiger partial charge in [0.15, 0.2) is 0 Å². The maximum absolute atomic E-state index is 6.27. The van der Waals surface area contributed by atoms with Crippen molar-refractivity contribution in [2.45, 2.75) is 32.1 Å². The molecular formula is C14H19Cl2N3. The number of nitrogen functional groups attached to an aromatic ring is 1. The fourth-order valence-corrected chi connectivity index (χ4v) is 3.96. The van der Waals surface area contributed by atoms with Crippen molar-refractivity contribution in [1.82, 2.24) is 4.98 Å². The smallest absolute Gasteiger partial charge is 0.149 e. The summed E-state index contributed by atoms with van der Waals surface area (Å²) in [7, 11) is 0. The number of hydrogen-bond acceptors (Lipinski definition) is 3. The lowest BCUT2D eigenvalue weighted by Crippen LogP contribution is -2.42. The molecule has 2 aliphatic rings. The highest BCUT2D eigenvalue weighted by Crippen LogP contribution is 2.39. The first kappa shape index (κ1) is 13.3. The van der Waals surface area contributed by atoms with Crippen LogP contribution in [-0.4, -0.2) is 18.1 Å². The minimum Gasteiger partial charge on any atom is -0.382 e. The molecule has 2 fully saturated rings. The lowest BCUT2D eigenvalue weighted by molar-refractivity contribution is 0.202. The van der Waals surface area contributed by atoms with Crippen molar-refractivity contribution in [3.63, 3.8) is 0 Å². The standard InChI is InChI=1S/C14H19Cl2N3/c15-11-7-12(16)14(18-13(11)17)19-6-5-9-3-1-2-4-10(9)8-19/h7,9-10H,1-6,8H2,(H2,17,18). The third-order valence-electron chi connectivity index (χ3n) is 4.53. The monoisotopic (exact) mass is 299 g/mol. The summed E-state index contributed by atoms with van der Waals surface area (Å²) in [4.78, 5) is 6.65. The topological polar surface area (TPSA) is 42.1 Å². The van der Waals surface area contributed by atoms with E-state index in [1.807, 2.05) is 0 Å². The predicted octanol–water partition coefficient (Wildman–Crippen LogP) is 3.99. The summed E-state index contributed by atoms with van der Waals surface area (Å²) >= 11 is 12.2. The molecule has 1 aromatic heterocycles. The van der Waals surface area contributed by atoms with Crippen molar-refractivity contribution in [3.05, 3.63) is 16.1 Å². The van der Waals surface area contributed by atoms with E-state index in [-0.39, 0.29) is 0 Å².